The van der Waals surface area contributed by atoms with Crippen molar-refractivity contribution in [1.29, 1.82) is 0 Å². The Kier molecular flexibility index (Phi) is 5.00. The zero-order chi connectivity index (χ0) is 10.2. The van der Waals surface area contributed by atoms with Crippen LogP contribution in [0, 0.1) is 0 Å². The zero-order valence-corrected chi connectivity index (χ0v) is 8.89. The summed E-state index contributed by atoms with van der Waals surface area (Å²) in [5, 5.41) is 2.05. The first-order valence-electron chi connectivity index (χ1n) is 4.62. The number of carbonyl (C=O) groups is 1. The number of rotatable bonds is 6. The fourth-order valence-electron chi connectivity index (χ4n) is 1.09. The minimum absolute atomic E-state index is 0.138. The average molecular weight is 210 g/mol. The van der Waals surface area contributed by atoms with E-state index in [2.05, 4.69) is 12.6 Å². The molecule has 0 amide bonds. The van der Waals surface area contributed by atoms with Gasteiger partial charge in [-0.1, -0.05) is 18.7 Å². The lowest BCUT2D eigenvalue weighted by atomic mass is 10.2. The molecule has 0 N–H and O–H groups in total. The van der Waals surface area contributed by atoms with Crippen LogP contribution in [0.2, 0.25) is 0 Å². The van der Waals surface area contributed by atoms with Gasteiger partial charge in [-0.2, -0.15) is 0 Å². The second kappa shape index (κ2) is 6.38. The van der Waals surface area contributed by atoms with E-state index in [9.17, 15) is 4.79 Å². The second-order valence-electron chi connectivity index (χ2n) is 2.90. The third-order valence-corrected chi connectivity index (χ3v) is 2.68. The number of carbonyl (C=O) groups excluding carboxylic acids is 1. The number of thiophene rings is 1. The van der Waals surface area contributed by atoms with E-state index >= 15 is 0 Å². The van der Waals surface area contributed by atoms with Crippen LogP contribution in [0.1, 0.15) is 17.7 Å². The molecule has 0 aliphatic heterocycles. The summed E-state index contributed by atoms with van der Waals surface area (Å²) in [6, 6.07) is 4.11. The Balaban J connectivity index is 2.09. The van der Waals surface area contributed by atoms with Crippen LogP contribution < -0.4 is 0 Å². The SMILES string of the molecule is C=CCOC(=O)CCCc1cccs1. The number of hydrogen-bond acceptors (Lipinski definition) is 3. The van der Waals surface area contributed by atoms with Gasteiger partial charge in [0.05, 0.1) is 0 Å². The molecule has 0 aliphatic rings. The number of aryl methyl sites for hydroxylation is 1. The van der Waals surface area contributed by atoms with E-state index in [4.69, 9.17) is 4.74 Å². The van der Waals surface area contributed by atoms with Crippen molar-refractivity contribution in [2.75, 3.05) is 6.61 Å². The average Bonchev–Trinajstić information content (AvgIpc) is 2.67. The molecule has 14 heavy (non-hydrogen) atoms. The van der Waals surface area contributed by atoms with Crippen LogP contribution in [-0.4, -0.2) is 12.6 Å². The Bertz CT molecular complexity index is 277. The van der Waals surface area contributed by atoms with Gasteiger partial charge in [-0.15, -0.1) is 11.3 Å². The van der Waals surface area contributed by atoms with Gasteiger partial charge in [0.15, 0.2) is 0 Å². The van der Waals surface area contributed by atoms with Crippen molar-refractivity contribution >= 4 is 17.3 Å². The van der Waals surface area contributed by atoms with E-state index in [1.807, 2.05) is 11.4 Å². The van der Waals surface area contributed by atoms with Gasteiger partial charge in [0.1, 0.15) is 6.61 Å². The molecule has 0 aliphatic carbocycles. The molecule has 3 heteroatoms. The second-order valence-corrected chi connectivity index (χ2v) is 3.94. The number of hydrogen-bond donors (Lipinski definition) is 0. The first-order chi connectivity index (χ1) is 6.83. The van der Waals surface area contributed by atoms with Crippen LogP contribution in [-0.2, 0) is 16.0 Å². The van der Waals surface area contributed by atoms with E-state index in [1.54, 1.807) is 17.4 Å². The summed E-state index contributed by atoms with van der Waals surface area (Å²) < 4.78 is 4.86. The molecular formula is C11H14O2S. The van der Waals surface area contributed by atoms with Crippen LogP contribution in [0.5, 0.6) is 0 Å². The van der Waals surface area contributed by atoms with Crippen molar-refractivity contribution < 1.29 is 9.53 Å². The minimum atomic E-state index is -0.138. The highest BCUT2D eigenvalue weighted by Crippen LogP contribution is 2.11. The number of esters is 1. The van der Waals surface area contributed by atoms with Gasteiger partial charge in [0.25, 0.3) is 0 Å². The van der Waals surface area contributed by atoms with Crippen molar-refractivity contribution in [1.82, 2.24) is 0 Å². The Labute approximate surface area is 88.2 Å². The molecular weight excluding hydrogens is 196 g/mol. The lowest BCUT2D eigenvalue weighted by Crippen LogP contribution is -2.04. The van der Waals surface area contributed by atoms with Crippen molar-refractivity contribution in [2.45, 2.75) is 19.3 Å². The summed E-state index contributed by atoms with van der Waals surface area (Å²) in [4.78, 5) is 12.4. The first-order valence-corrected chi connectivity index (χ1v) is 5.50. The third kappa shape index (κ3) is 4.23. The third-order valence-electron chi connectivity index (χ3n) is 1.75. The van der Waals surface area contributed by atoms with Crippen molar-refractivity contribution in [3.05, 3.63) is 35.0 Å². The quantitative estimate of drug-likeness (QED) is 0.533. The van der Waals surface area contributed by atoms with E-state index < -0.39 is 0 Å². The molecule has 2 nitrogen and oxygen atoms in total. The van der Waals surface area contributed by atoms with Crippen LogP contribution in [0.3, 0.4) is 0 Å². The molecule has 0 aromatic carbocycles. The van der Waals surface area contributed by atoms with Crippen molar-refractivity contribution in [3.8, 4) is 0 Å². The van der Waals surface area contributed by atoms with Crippen LogP contribution in [0.4, 0.5) is 0 Å². The van der Waals surface area contributed by atoms with E-state index in [-0.39, 0.29) is 5.97 Å². The molecule has 1 aromatic heterocycles. The molecule has 1 heterocycles. The van der Waals surface area contributed by atoms with E-state index in [1.165, 1.54) is 4.88 Å². The van der Waals surface area contributed by atoms with Gasteiger partial charge in [-0.25, -0.2) is 0 Å². The molecule has 0 atom stereocenters. The maximum atomic E-state index is 11.1. The first kappa shape index (κ1) is 11.0. The molecule has 1 aromatic rings. The number of ether oxygens (including phenoxy) is 1. The van der Waals surface area contributed by atoms with Gasteiger partial charge in [-0.3, -0.25) is 4.79 Å². The largest absolute Gasteiger partial charge is 0.461 e. The summed E-state index contributed by atoms with van der Waals surface area (Å²) in [7, 11) is 0. The van der Waals surface area contributed by atoms with Crippen LogP contribution in [0.15, 0.2) is 30.2 Å². The molecule has 0 radical (unpaired) electrons. The topological polar surface area (TPSA) is 26.3 Å². The Morgan fingerprint density at radius 1 is 1.64 bits per heavy atom. The fraction of sp³-hybridized carbons (Fsp3) is 0.364. The Morgan fingerprint density at radius 3 is 3.14 bits per heavy atom. The van der Waals surface area contributed by atoms with Crippen LogP contribution >= 0.6 is 11.3 Å². The molecule has 0 spiro atoms. The Morgan fingerprint density at radius 2 is 2.50 bits per heavy atom. The maximum Gasteiger partial charge on any atom is 0.306 e. The van der Waals surface area contributed by atoms with Crippen molar-refractivity contribution in [2.24, 2.45) is 0 Å². The highest BCUT2D eigenvalue weighted by Gasteiger charge is 2.01. The summed E-state index contributed by atoms with van der Waals surface area (Å²) in [6.07, 6.45) is 3.89. The minimum Gasteiger partial charge on any atom is -0.461 e. The lowest BCUT2D eigenvalue weighted by Gasteiger charge is -2.00. The molecule has 1 rings (SSSR count). The van der Waals surface area contributed by atoms with Gasteiger partial charge in [0, 0.05) is 11.3 Å². The van der Waals surface area contributed by atoms with Crippen molar-refractivity contribution in [3.63, 3.8) is 0 Å². The van der Waals surface area contributed by atoms with Gasteiger partial charge >= 0.3 is 5.97 Å². The molecule has 0 saturated carbocycles. The van der Waals surface area contributed by atoms with Crippen LogP contribution in [0.25, 0.3) is 0 Å². The predicted molar refractivity (Wildman–Crippen MR) is 58.4 cm³/mol. The van der Waals surface area contributed by atoms with Gasteiger partial charge in [0.2, 0.25) is 0 Å². The van der Waals surface area contributed by atoms with Gasteiger partial charge in [-0.05, 0) is 24.3 Å². The standard InChI is InChI=1S/C11H14O2S/c1-2-8-13-11(12)7-3-5-10-6-4-9-14-10/h2,4,6,9H,1,3,5,7-8H2. The Hall–Kier alpha value is -1.09. The molecule has 0 saturated heterocycles. The smallest absolute Gasteiger partial charge is 0.306 e. The monoisotopic (exact) mass is 210 g/mol. The molecule has 0 bridgehead atoms. The highest BCUT2D eigenvalue weighted by molar-refractivity contribution is 7.09. The molecule has 76 valence electrons. The van der Waals surface area contributed by atoms with E-state index in [0.717, 1.165) is 12.8 Å². The summed E-state index contributed by atoms with van der Waals surface area (Å²) in [6.45, 7) is 3.80. The lowest BCUT2D eigenvalue weighted by molar-refractivity contribution is -0.142. The maximum absolute atomic E-state index is 11.1. The van der Waals surface area contributed by atoms with E-state index in [0.29, 0.717) is 13.0 Å². The molecule has 0 unspecified atom stereocenters. The summed E-state index contributed by atoms with van der Waals surface area (Å²) in [5.41, 5.74) is 0. The highest BCUT2D eigenvalue weighted by atomic mass is 32.1. The summed E-state index contributed by atoms with van der Waals surface area (Å²) >= 11 is 1.72. The normalized spacial score (nSPS) is 9.71. The fourth-order valence-corrected chi connectivity index (χ4v) is 1.84. The van der Waals surface area contributed by atoms with Gasteiger partial charge < -0.3 is 4.74 Å². The predicted octanol–water partition coefficient (Wildman–Crippen LogP) is 2.80. The summed E-state index contributed by atoms with van der Waals surface area (Å²) in [5.74, 6) is -0.138. The molecule has 0 fully saturated rings. The zero-order valence-electron chi connectivity index (χ0n) is 8.07.